The number of hydrogen-bond donors (Lipinski definition) is 0. The predicted octanol–water partition coefficient (Wildman–Crippen LogP) is -0.546. The Morgan fingerprint density at radius 2 is 0.325 bits per heavy atom. The van der Waals surface area contributed by atoms with Gasteiger partial charge >= 0.3 is 47.8 Å². The number of carbonyl (C=O) groups is 8. The summed E-state index contributed by atoms with van der Waals surface area (Å²) in [7, 11) is 0. The molecule has 224 valence electrons. The second-order valence-electron chi connectivity index (χ2n) is 8.63. The Morgan fingerprint density at radius 1 is 0.250 bits per heavy atom. The van der Waals surface area contributed by atoms with Crippen molar-refractivity contribution in [1.29, 1.82) is 0 Å². The third-order valence-corrected chi connectivity index (χ3v) is 5.00. The molecule has 0 radical (unpaired) electrons. The summed E-state index contributed by atoms with van der Waals surface area (Å²) >= 11 is 0. The van der Waals surface area contributed by atoms with Crippen LogP contribution in [0.4, 0.5) is 0 Å². The summed E-state index contributed by atoms with van der Waals surface area (Å²) in [5, 5.41) is 0. The largest absolute Gasteiger partial charge is 0.448 e. The lowest BCUT2D eigenvalue weighted by Gasteiger charge is -2.22. The van der Waals surface area contributed by atoms with E-state index in [1.807, 2.05) is 0 Å². The van der Waals surface area contributed by atoms with Gasteiger partial charge in [-0.3, -0.25) is 0 Å². The van der Waals surface area contributed by atoms with Crippen LogP contribution in [0.15, 0.2) is 0 Å². The summed E-state index contributed by atoms with van der Waals surface area (Å²) in [5.74, 6) is -9.35. The molecule has 0 aliphatic carbocycles. The van der Waals surface area contributed by atoms with E-state index in [0.717, 1.165) is 55.4 Å². The lowest BCUT2D eigenvalue weighted by atomic mass is 10.3. The number of ether oxygens (including phenoxy) is 8. The lowest BCUT2D eigenvalue weighted by molar-refractivity contribution is -0.191. The highest BCUT2D eigenvalue weighted by Gasteiger charge is 2.34. The highest BCUT2D eigenvalue weighted by Crippen LogP contribution is 2.11. The molecule has 1 fully saturated rings. The van der Waals surface area contributed by atoms with Crippen molar-refractivity contribution < 1.29 is 76.3 Å². The van der Waals surface area contributed by atoms with Crippen molar-refractivity contribution in [3.8, 4) is 0 Å². The van der Waals surface area contributed by atoms with Crippen LogP contribution in [0.25, 0.3) is 0 Å². The first-order valence-electron chi connectivity index (χ1n) is 12.1. The fourth-order valence-electron chi connectivity index (χ4n) is 2.55. The molecule has 0 bridgehead atoms. The van der Waals surface area contributed by atoms with Crippen LogP contribution in [0, 0.1) is 0 Å². The molecule has 1 saturated heterocycles. The van der Waals surface area contributed by atoms with E-state index >= 15 is 0 Å². The van der Waals surface area contributed by atoms with Crippen LogP contribution in [0.1, 0.15) is 55.4 Å². The monoisotopic (exact) mass is 576 g/mol. The molecule has 1 rings (SSSR count). The van der Waals surface area contributed by atoms with Crippen LogP contribution in [-0.4, -0.2) is 96.6 Å². The summed E-state index contributed by atoms with van der Waals surface area (Å²) in [5.41, 5.74) is 0. The van der Waals surface area contributed by atoms with Crippen LogP contribution in [0.5, 0.6) is 0 Å². The molecule has 1 heterocycles. The van der Waals surface area contributed by atoms with Crippen molar-refractivity contribution in [1.82, 2.24) is 0 Å². The topological polar surface area (TPSA) is 210 Å². The molecular weight excluding hydrogens is 544 g/mol. The molecule has 0 spiro atoms. The summed E-state index contributed by atoms with van der Waals surface area (Å²) in [6.07, 6.45) is -12.5. The average molecular weight is 577 g/mol. The van der Waals surface area contributed by atoms with Gasteiger partial charge in [-0.05, 0) is 55.4 Å². The molecule has 16 nitrogen and oxygen atoms in total. The number of esters is 8. The van der Waals surface area contributed by atoms with E-state index in [2.05, 4.69) is 0 Å². The van der Waals surface area contributed by atoms with Crippen LogP contribution >= 0.6 is 0 Å². The number of rotatable bonds is 0. The second-order valence-corrected chi connectivity index (χ2v) is 8.63. The second kappa shape index (κ2) is 14.8. The van der Waals surface area contributed by atoms with Gasteiger partial charge in [0, 0.05) is 0 Å². The molecule has 8 atom stereocenters. The molecule has 0 saturated carbocycles. The van der Waals surface area contributed by atoms with Gasteiger partial charge in [0.2, 0.25) is 0 Å². The van der Waals surface area contributed by atoms with Gasteiger partial charge in [-0.15, -0.1) is 0 Å². The Bertz CT molecular complexity index is 778. The minimum atomic E-state index is -1.56. The summed E-state index contributed by atoms with van der Waals surface area (Å²) in [6.45, 7) is 8.93. The quantitative estimate of drug-likeness (QED) is 0.261. The van der Waals surface area contributed by atoms with Crippen LogP contribution < -0.4 is 0 Å². The highest BCUT2D eigenvalue weighted by atomic mass is 16.7. The zero-order valence-electron chi connectivity index (χ0n) is 23.2. The maximum Gasteiger partial charge on any atom is 0.347 e. The summed E-state index contributed by atoms with van der Waals surface area (Å²) in [6, 6.07) is 0. The van der Waals surface area contributed by atoms with Crippen LogP contribution in [0.3, 0.4) is 0 Å². The first-order chi connectivity index (χ1) is 18.4. The van der Waals surface area contributed by atoms with E-state index in [1.54, 1.807) is 0 Å². The molecular formula is C24H32O16. The van der Waals surface area contributed by atoms with Crippen molar-refractivity contribution in [2.75, 3.05) is 0 Å². The van der Waals surface area contributed by atoms with E-state index in [1.165, 1.54) is 0 Å². The van der Waals surface area contributed by atoms with Crippen molar-refractivity contribution in [3.63, 3.8) is 0 Å². The van der Waals surface area contributed by atoms with E-state index in [9.17, 15) is 38.4 Å². The molecule has 0 aromatic rings. The predicted molar refractivity (Wildman–Crippen MR) is 124 cm³/mol. The molecule has 40 heavy (non-hydrogen) atoms. The first kappa shape index (κ1) is 33.8. The lowest BCUT2D eigenvalue weighted by Crippen LogP contribution is -2.40. The Hall–Kier alpha value is -4.24. The van der Waals surface area contributed by atoms with Crippen molar-refractivity contribution >= 4 is 47.8 Å². The van der Waals surface area contributed by atoms with Gasteiger partial charge < -0.3 is 37.9 Å². The van der Waals surface area contributed by atoms with Gasteiger partial charge in [0.25, 0.3) is 0 Å². The zero-order valence-corrected chi connectivity index (χ0v) is 23.2. The van der Waals surface area contributed by atoms with Gasteiger partial charge in [0.15, 0.2) is 48.8 Å². The Labute approximate surface area is 228 Å². The zero-order chi connectivity index (χ0) is 30.9. The molecule has 0 aromatic heterocycles. The van der Waals surface area contributed by atoms with Crippen molar-refractivity contribution in [2.24, 2.45) is 0 Å². The molecule has 1 aliphatic rings. The molecule has 0 N–H and O–H groups in total. The van der Waals surface area contributed by atoms with Gasteiger partial charge in [0.1, 0.15) is 0 Å². The fraction of sp³-hybridized carbons (Fsp3) is 0.667. The Balaban J connectivity index is 3.11. The van der Waals surface area contributed by atoms with Crippen molar-refractivity contribution in [2.45, 2.75) is 104 Å². The van der Waals surface area contributed by atoms with Gasteiger partial charge in [-0.25, -0.2) is 38.4 Å². The van der Waals surface area contributed by atoms with Crippen LogP contribution in [-0.2, 0) is 76.3 Å². The molecule has 16 heteroatoms. The van der Waals surface area contributed by atoms with Gasteiger partial charge in [0.05, 0.1) is 0 Å². The number of carbonyl (C=O) groups excluding carboxylic acids is 8. The maximum atomic E-state index is 12.2. The third-order valence-electron chi connectivity index (χ3n) is 5.00. The minimum Gasteiger partial charge on any atom is -0.448 e. The van der Waals surface area contributed by atoms with E-state index in [4.69, 9.17) is 37.9 Å². The van der Waals surface area contributed by atoms with Gasteiger partial charge in [-0.1, -0.05) is 0 Å². The summed E-state index contributed by atoms with van der Waals surface area (Å²) in [4.78, 5) is 97.9. The van der Waals surface area contributed by atoms with E-state index in [-0.39, 0.29) is 0 Å². The Kier molecular flexibility index (Phi) is 12.5. The summed E-state index contributed by atoms with van der Waals surface area (Å²) < 4.78 is 39.0. The average Bonchev–Trinajstić information content (AvgIpc) is 2.87. The normalized spacial score (nSPS) is 33.0. The van der Waals surface area contributed by atoms with E-state index in [0.29, 0.717) is 0 Å². The molecule has 0 unspecified atom stereocenters. The number of cyclic esters (lactones) is 8. The maximum absolute atomic E-state index is 12.2. The van der Waals surface area contributed by atoms with Crippen molar-refractivity contribution in [3.05, 3.63) is 0 Å². The third kappa shape index (κ3) is 10.1. The standard InChI is InChI=1S/C24H32O16/c1-9-17(25)34-11(3)19(27)36-13(5)21(29)38-15(7)23(31)40-16(8)24(32)39-14(6)22(30)37-12(4)20(28)35-10(2)18(26)33-9/h9-16H,1-8H3/t9-,10+,11+,12-,13-,14+,15+,16-. The first-order valence-corrected chi connectivity index (χ1v) is 12.1. The minimum absolute atomic E-state index is 1.12. The SMILES string of the molecule is C[C@@H]1OC(=O)[C@@H](C)OC(=O)[C@H](C)OC(=O)[C@@H](C)OC(=O)[C@H](C)OC(=O)[C@@H](C)OC(=O)[C@H](C)OC(=O)[C@@H](C)OC1=O. The number of hydrogen-bond acceptors (Lipinski definition) is 16. The van der Waals surface area contributed by atoms with Gasteiger partial charge in [-0.2, -0.15) is 0 Å². The molecule has 0 aromatic carbocycles. The highest BCUT2D eigenvalue weighted by molar-refractivity contribution is 5.88. The molecule has 1 aliphatic heterocycles. The molecule has 0 amide bonds. The van der Waals surface area contributed by atoms with Crippen LogP contribution in [0.2, 0.25) is 0 Å². The fourth-order valence-corrected chi connectivity index (χ4v) is 2.55. The van der Waals surface area contributed by atoms with E-state index < -0.39 is 96.6 Å². The Morgan fingerprint density at radius 3 is 0.400 bits per heavy atom. The smallest absolute Gasteiger partial charge is 0.347 e.